The largest absolute Gasteiger partial charge is 0.402 e. The van der Waals surface area contributed by atoms with Crippen LogP contribution in [0.1, 0.15) is 91.5 Å². The van der Waals surface area contributed by atoms with E-state index in [1.54, 1.807) is 14.2 Å². The Balaban J connectivity index is -0.0000000309. The third-order valence-electron chi connectivity index (χ3n) is 1.42. The zero-order valence-corrected chi connectivity index (χ0v) is 15.4. The first-order chi connectivity index (χ1) is 9.33. The van der Waals surface area contributed by atoms with Crippen molar-refractivity contribution in [3.63, 3.8) is 0 Å². The van der Waals surface area contributed by atoms with E-state index in [1.165, 1.54) is 6.42 Å². The molecule has 0 aromatic carbocycles. The lowest BCUT2D eigenvalue weighted by Crippen LogP contribution is -2.44. The van der Waals surface area contributed by atoms with Gasteiger partial charge >= 0.3 is 12.4 Å². The molecule has 0 bridgehead atoms. The summed E-state index contributed by atoms with van der Waals surface area (Å²) in [7, 11) is 3.25. The summed E-state index contributed by atoms with van der Waals surface area (Å²) >= 11 is 0. The molecule has 0 radical (unpaired) electrons. The fourth-order valence-electron chi connectivity index (χ4n) is 0.161. The van der Waals surface area contributed by atoms with Crippen molar-refractivity contribution in [1.82, 2.24) is 0 Å². The maximum atomic E-state index is 11.6. The summed E-state index contributed by atoms with van der Waals surface area (Å²) in [5.41, 5.74) is -3.12. The van der Waals surface area contributed by atoms with Gasteiger partial charge in [0.25, 0.3) is 0 Å². The lowest BCUT2D eigenvalue weighted by molar-refractivity contribution is -0.327. The maximum Gasteiger partial charge on any atom is 0.402 e. The third kappa shape index (κ3) is 38.9. The highest BCUT2D eigenvalue weighted by atomic mass is 19.4. The second-order valence-electron chi connectivity index (χ2n) is 6.74. The summed E-state index contributed by atoms with van der Waals surface area (Å²) in [6.07, 6.45) is -9.24. The van der Waals surface area contributed by atoms with E-state index in [9.17, 15) is 26.3 Å². The van der Waals surface area contributed by atoms with Gasteiger partial charge in [-0.05, 0) is 19.3 Å². The first kappa shape index (κ1) is 50.0. The second kappa shape index (κ2) is 20.8. The van der Waals surface area contributed by atoms with Crippen molar-refractivity contribution in [3.8, 4) is 0 Å². The van der Waals surface area contributed by atoms with Crippen molar-refractivity contribution in [2.24, 2.45) is 10.8 Å². The molecule has 0 N–H and O–H groups in total. The van der Waals surface area contributed by atoms with Gasteiger partial charge in [0.15, 0.2) is 5.41 Å². The lowest BCUT2D eigenvalue weighted by Gasteiger charge is -2.29. The minimum atomic E-state index is -5.24. The molecule has 0 unspecified atom stereocenters. The van der Waals surface area contributed by atoms with Gasteiger partial charge in [0, 0.05) is 14.2 Å². The van der Waals surface area contributed by atoms with Crippen molar-refractivity contribution < 1.29 is 31.1 Å². The highest BCUT2D eigenvalue weighted by Crippen LogP contribution is 2.49. The van der Waals surface area contributed by atoms with E-state index in [0.717, 1.165) is 0 Å². The van der Waals surface area contributed by atoms with Gasteiger partial charge in [-0.2, -0.15) is 26.3 Å². The summed E-state index contributed by atoms with van der Waals surface area (Å²) < 4.78 is 73.9. The number of alkyl halides is 6. The molecule has 1 nitrogen and oxygen atoms in total. The number of halogens is 6. The van der Waals surface area contributed by atoms with Crippen LogP contribution in [0, 0.1) is 10.8 Å². The Morgan fingerprint density at radius 3 is 0.654 bits per heavy atom. The van der Waals surface area contributed by atoms with Gasteiger partial charge in [0.05, 0.1) is 0 Å². The maximum absolute atomic E-state index is 11.6. The standard InChI is InChI=1S/C5H6F6.C5H12.C3H8.C2H6O.4CH4/c1-3(2,4(6,7)8)5(9,10)11;1-5(2,3)4;2*1-3-2;;;;/h1-2H3;1-4H3;3H2,1-2H3;1-2H3;4*1H4. The average molecular weight is 407 g/mol. The molecule has 0 saturated carbocycles. The van der Waals surface area contributed by atoms with Crippen LogP contribution in [0.5, 0.6) is 0 Å². The topological polar surface area (TPSA) is 9.23 Å². The normalized spacial score (nSPS) is 10.2. The predicted molar refractivity (Wildman–Crippen MR) is 107 cm³/mol. The van der Waals surface area contributed by atoms with E-state index in [4.69, 9.17) is 0 Å². The monoisotopic (exact) mass is 406 g/mol. The fraction of sp³-hybridized carbons (Fsp3) is 1.00. The molecule has 0 aliphatic heterocycles. The van der Waals surface area contributed by atoms with Crippen LogP contribution in [0.4, 0.5) is 26.3 Å². The quantitative estimate of drug-likeness (QED) is 0.364. The van der Waals surface area contributed by atoms with E-state index in [2.05, 4.69) is 46.3 Å². The third-order valence-corrected chi connectivity index (χ3v) is 1.42. The van der Waals surface area contributed by atoms with Crippen molar-refractivity contribution in [2.45, 2.75) is 104 Å². The van der Waals surface area contributed by atoms with Gasteiger partial charge in [0.2, 0.25) is 0 Å². The Morgan fingerprint density at radius 2 is 0.654 bits per heavy atom. The molecule has 0 aliphatic carbocycles. The molecule has 0 fully saturated rings. The number of hydrogen-bond acceptors (Lipinski definition) is 1. The highest BCUT2D eigenvalue weighted by Gasteiger charge is 2.64. The van der Waals surface area contributed by atoms with Crippen LogP contribution in [0.15, 0.2) is 0 Å². The molecule has 26 heavy (non-hydrogen) atoms. The van der Waals surface area contributed by atoms with Gasteiger partial charge in [-0.1, -0.05) is 77.7 Å². The molecule has 7 heteroatoms. The molecular formula is C19H48F6O. The fourth-order valence-corrected chi connectivity index (χ4v) is 0.161. The zero-order valence-electron chi connectivity index (χ0n) is 15.4. The second-order valence-corrected chi connectivity index (χ2v) is 6.74. The number of methoxy groups -OCH3 is 1. The first-order valence-electron chi connectivity index (χ1n) is 6.86. The van der Waals surface area contributed by atoms with E-state index in [-0.39, 0.29) is 43.6 Å². The zero-order chi connectivity index (χ0) is 19.4. The van der Waals surface area contributed by atoms with Gasteiger partial charge in [-0.3, -0.25) is 0 Å². The molecule has 0 spiro atoms. The summed E-state index contributed by atoms with van der Waals surface area (Å²) in [5, 5.41) is 0. The SMILES string of the molecule is C.C.C.C.CC(C)(C(F)(F)F)C(F)(F)F.CC(C)(C)C.CCC.COC. The number of rotatable bonds is 0. The van der Waals surface area contributed by atoms with Crippen LogP contribution >= 0.6 is 0 Å². The van der Waals surface area contributed by atoms with Crippen molar-refractivity contribution in [3.05, 3.63) is 0 Å². The van der Waals surface area contributed by atoms with Crippen molar-refractivity contribution in [2.75, 3.05) is 14.2 Å². The predicted octanol–water partition coefficient (Wildman–Crippen LogP) is 9.41. The summed E-state index contributed by atoms with van der Waals surface area (Å²) in [6.45, 7) is 13.2. The van der Waals surface area contributed by atoms with Crippen LogP contribution in [0.2, 0.25) is 0 Å². The molecule has 0 aliphatic rings. The summed E-state index contributed by atoms with van der Waals surface area (Å²) in [6, 6.07) is 0. The van der Waals surface area contributed by atoms with Gasteiger partial charge in [-0.25, -0.2) is 0 Å². The Labute approximate surface area is 160 Å². The molecule has 0 aromatic heterocycles. The lowest BCUT2D eigenvalue weighted by atomic mass is 9.92. The Kier molecular flexibility index (Phi) is 40.1. The number of hydrogen-bond donors (Lipinski definition) is 0. The highest BCUT2D eigenvalue weighted by molar-refractivity contribution is 4.84. The first-order valence-corrected chi connectivity index (χ1v) is 6.86. The molecule has 0 amide bonds. The minimum Gasteiger partial charge on any atom is -0.388 e. The molecule has 0 rings (SSSR count). The van der Waals surface area contributed by atoms with Crippen LogP contribution in [0.3, 0.4) is 0 Å². The molecule has 0 aromatic rings. The van der Waals surface area contributed by atoms with Gasteiger partial charge in [-0.15, -0.1) is 0 Å². The molecule has 172 valence electrons. The Morgan fingerprint density at radius 1 is 0.577 bits per heavy atom. The molecule has 0 saturated heterocycles. The van der Waals surface area contributed by atoms with Crippen LogP contribution < -0.4 is 0 Å². The minimum absolute atomic E-state index is 0. The Hall–Kier alpha value is -0.460. The average Bonchev–Trinajstić information content (AvgIpc) is 2.13. The van der Waals surface area contributed by atoms with E-state index in [1.807, 2.05) is 0 Å². The van der Waals surface area contributed by atoms with Crippen LogP contribution in [-0.2, 0) is 4.74 Å². The summed E-state index contributed by atoms with van der Waals surface area (Å²) in [5.74, 6) is 0. The van der Waals surface area contributed by atoms with Gasteiger partial charge in [0.1, 0.15) is 0 Å². The molecule has 0 atom stereocenters. The van der Waals surface area contributed by atoms with E-state index >= 15 is 0 Å². The van der Waals surface area contributed by atoms with Crippen molar-refractivity contribution in [1.29, 1.82) is 0 Å². The van der Waals surface area contributed by atoms with Crippen LogP contribution in [-0.4, -0.2) is 26.6 Å². The summed E-state index contributed by atoms with van der Waals surface area (Å²) in [4.78, 5) is 0. The smallest absolute Gasteiger partial charge is 0.388 e. The molecule has 0 heterocycles. The van der Waals surface area contributed by atoms with Crippen molar-refractivity contribution >= 4 is 0 Å². The molecular weight excluding hydrogens is 358 g/mol. The van der Waals surface area contributed by atoms with E-state index in [0.29, 0.717) is 5.41 Å². The van der Waals surface area contributed by atoms with Gasteiger partial charge < -0.3 is 4.74 Å². The van der Waals surface area contributed by atoms with Crippen LogP contribution in [0.25, 0.3) is 0 Å². The Bertz CT molecular complexity index is 214. The number of ether oxygens (including phenoxy) is 1. The van der Waals surface area contributed by atoms with E-state index < -0.39 is 17.8 Å².